The fourth-order valence-corrected chi connectivity index (χ4v) is 5.01. The zero-order valence-corrected chi connectivity index (χ0v) is 14.8. The van der Waals surface area contributed by atoms with Crippen molar-refractivity contribution in [3.05, 3.63) is 71.8 Å². The van der Waals surface area contributed by atoms with Crippen LogP contribution in [0.25, 0.3) is 21.5 Å². The van der Waals surface area contributed by atoms with Gasteiger partial charge in [-0.05, 0) is 63.3 Å². The zero-order chi connectivity index (χ0) is 17.2. The number of carbonyl (C=O) groups excluding carboxylic acids is 1. The Labute approximate surface area is 148 Å². The van der Waals surface area contributed by atoms with Crippen molar-refractivity contribution in [2.24, 2.45) is 17.3 Å². The van der Waals surface area contributed by atoms with E-state index in [1.165, 1.54) is 6.42 Å². The number of ketones is 1. The van der Waals surface area contributed by atoms with E-state index in [-0.39, 0.29) is 11.2 Å². The molecule has 3 aromatic rings. The Morgan fingerprint density at radius 2 is 1.56 bits per heavy atom. The summed E-state index contributed by atoms with van der Waals surface area (Å²) >= 11 is 0. The molecular formula is C24H22O. The average molecular weight is 326 g/mol. The van der Waals surface area contributed by atoms with E-state index in [1.54, 1.807) is 0 Å². The molecule has 3 aliphatic carbocycles. The van der Waals surface area contributed by atoms with E-state index in [0.29, 0.717) is 5.92 Å². The van der Waals surface area contributed by atoms with Crippen molar-refractivity contribution in [1.82, 2.24) is 0 Å². The van der Waals surface area contributed by atoms with Crippen LogP contribution in [0.1, 0.15) is 37.0 Å². The lowest BCUT2D eigenvalue weighted by Crippen LogP contribution is -2.49. The third kappa shape index (κ3) is 1.99. The van der Waals surface area contributed by atoms with E-state index < -0.39 is 0 Å². The normalized spacial score (nSPS) is 24.0. The molecular weight excluding hydrogens is 304 g/mol. The lowest BCUT2D eigenvalue weighted by molar-refractivity contribution is -0.00588. The second-order valence-electron chi connectivity index (χ2n) is 8.22. The van der Waals surface area contributed by atoms with Gasteiger partial charge >= 0.3 is 0 Å². The van der Waals surface area contributed by atoms with Crippen molar-refractivity contribution in [1.29, 1.82) is 0 Å². The molecule has 1 fully saturated rings. The number of hydrogen-bond acceptors (Lipinski definition) is 1. The number of Topliss-reactive ketones (excluding diaryl/α,β-unsaturated/α-hetero) is 1. The van der Waals surface area contributed by atoms with E-state index in [2.05, 4.69) is 50.3 Å². The van der Waals surface area contributed by atoms with Crippen LogP contribution in [-0.4, -0.2) is 5.78 Å². The number of allylic oxidation sites excluding steroid dienone is 2. The third-order valence-electron chi connectivity index (χ3n) is 6.73. The molecule has 6 rings (SSSR count). The summed E-state index contributed by atoms with van der Waals surface area (Å²) < 4.78 is 0. The smallest absolute Gasteiger partial charge is 0.190 e. The lowest BCUT2D eigenvalue weighted by Gasteiger charge is -2.56. The number of hydrogen-bond donors (Lipinski definition) is 0. The van der Waals surface area contributed by atoms with Crippen molar-refractivity contribution in [3.63, 3.8) is 0 Å². The van der Waals surface area contributed by atoms with Crippen LogP contribution in [0.15, 0.2) is 66.2 Å². The molecule has 0 spiro atoms. The van der Waals surface area contributed by atoms with Gasteiger partial charge in [0, 0.05) is 5.56 Å². The molecule has 0 aliphatic heterocycles. The minimum atomic E-state index is 0.240. The largest absolute Gasteiger partial charge is 0.289 e. The van der Waals surface area contributed by atoms with Crippen LogP contribution >= 0.6 is 0 Å². The van der Waals surface area contributed by atoms with Gasteiger partial charge in [-0.25, -0.2) is 0 Å². The van der Waals surface area contributed by atoms with E-state index in [0.717, 1.165) is 45.0 Å². The van der Waals surface area contributed by atoms with Gasteiger partial charge in [-0.3, -0.25) is 4.79 Å². The minimum Gasteiger partial charge on any atom is -0.289 e. The second-order valence-corrected chi connectivity index (χ2v) is 8.22. The molecule has 1 heteroatoms. The Hall–Kier alpha value is -2.41. The highest BCUT2D eigenvalue weighted by atomic mass is 16.1. The molecule has 1 saturated carbocycles. The Kier molecular flexibility index (Phi) is 3.01. The van der Waals surface area contributed by atoms with Crippen molar-refractivity contribution in [2.75, 3.05) is 0 Å². The van der Waals surface area contributed by atoms with E-state index >= 15 is 0 Å². The van der Waals surface area contributed by atoms with E-state index in [1.807, 2.05) is 24.3 Å². The molecule has 3 aliphatic rings. The van der Waals surface area contributed by atoms with Crippen molar-refractivity contribution >= 4 is 27.3 Å². The van der Waals surface area contributed by atoms with Gasteiger partial charge in [-0.15, -0.1) is 0 Å². The Morgan fingerprint density at radius 1 is 0.960 bits per heavy atom. The molecule has 3 aromatic carbocycles. The monoisotopic (exact) mass is 326 g/mol. The summed E-state index contributed by atoms with van der Waals surface area (Å²) in [5, 5.41) is 4.44. The first-order valence-electron chi connectivity index (χ1n) is 9.22. The highest BCUT2D eigenvalue weighted by Gasteiger charge is 2.52. The maximum Gasteiger partial charge on any atom is 0.190 e. The molecule has 0 aromatic heterocycles. The second kappa shape index (κ2) is 5.05. The summed E-state index contributed by atoms with van der Waals surface area (Å²) in [6.07, 6.45) is 4.45. The van der Waals surface area contributed by atoms with Crippen LogP contribution in [0.5, 0.6) is 0 Å². The molecule has 0 N–H and O–H groups in total. The Balaban J connectivity index is 1.76. The third-order valence-corrected chi connectivity index (χ3v) is 6.73. The summed E-state index contributed by atoms with van der Waals surface area (Å²) in [6.45, 7) is 4.65. The molecule has 2 atom stereocenters. The molecule has 2 unspecified atom stereocenters. The zero-order valence-electron chi connectivity index (χ0n) is 14.8. The van der Waals surface area contributed by atoms with Gasteiger partial charge in [0.15, 0.2) is 5.78 Å². The minimum absolute atomic E-state index is 0.240. The Morgan fingerprint density at radius 3 is 2.12 bits per heavy atom. The summed E-state index contributed by atoms with van der Waals surface area (Å²) in [5.41, 5.74) is 2.20. The molecule has 0 heterocycles. The fourth-order valence-electron chi connectivity index (χ4n) is 5.01. The SMILES string of the molecule is CC1(C)C2CC=C(C(=O)c3c4ccccc4cc4ccccc34)C1C2. The van der Waals surface area contributed by atoms with Crippen molar-refractivity contribution in [3.8, 4) is 0 Å². The first-order valence-corrected chi connectivity index (χ1v) is 9.22. The van der Waals surface area contributed by atoms with Gasteiger partial charge in [0.1, 0.15) is 0 Å². The highest BCUT2D eigenvalue weighted by Crippen LogP contribution is 2.59. The van der Waals surface area contributed by atoms with Gasteiger partial charge in [-0.2, -0.15) is 0 Å². The van der Waals surface area contributed by atoms with Gasteiger partial charge in [0.25, 0.3) is 0 Å². The van der Waals surface area contributed by atoms with Crippen LogP contribution in [0.3, 0.4) is 0 Å². The molecule has 0 radical (unpaired) electrons. The van der Waals surface area contributed by atoms with Crippen LogP contribution in [0.2, 0.25) is 0 Å². The first kappa shape index (κ1) is 14.9. The van der Waals surface area contributed by atoms with E-state index in [9.17, 15) is 4.79 Å². The van der Waals surface area contributed by atoms with Crippen molar-refractivity contribution in [2.45, 2.75) is 26.7 Å². The summed E-state index contributed by atoms with van der Waals surface area (Å²) in [6, 6.07) is 18.8. The highest BCUT2D eigenvalue weighted by molar-refractivity contribution is 6.24. The molecule has 124 valence electrons. The fraction of sp³-hybridized carbons (Fsp3) is 0.292. The number of rotatable bonds is 2. The first-order chi connectivity index (χ1) is 12.1. The lowest BCUT2D eigenvalue weighted by atomic mass is 9.48. The maximum atomic E-state index is 13.7. The molecule has 2 bridgehead atoms. The van der Waals surface area contributed by atoms with Gasteiger partial charge in [0.2, 0.25) is 0 Å². The standard InChI is InChI=1S/C24H22O/c1-24(2)17-11-12-20(21(24)14-17)23(25)22-18-9-5-3-7-15(18)13-16-8-4-6-10-19(16)22/h3-10,12-13,17,21H,11,14H2,1-2H3. The summed E-state index contributed by atoms with van der Waals surface area (Å²) in [4.78, 5) is 13.7. The average Bonchev–Trinajstić information content (AvgIpc) is 2.65. The molecule has 1 nitrogen and oxygen atoms in total. The quantitative estimate of drug-likeness (QED) is 0.406. The topological polar surface area (TPSA) is 17.1 Å². The predicted molar refractivity (Wildman–Crippen MR) is 104 cm³/mol. The predicted octanol–water partition coefficient (Wildman–Crippen LogP) is 6.17. The number of carbonyl (C=O) groups is 1. The van der Waals surface area contributed by atoms with Crippen LogP contribution < -0.4 is 0 Å². The van der Waals surface area contributed by atoms with Crippen LogP contribution in [-0.2, 0) is 0 Å². The number of benzene rings is 3. The van der Waals surface area contributed by atoms with Crippen LogP contribution in [0.4, 0.5) is 0 Å². The summed E-state index contributed by atoms with van der Waals surface area (Å²) in [5.74, 6) is 1.40. The summed E-state index contributed by atoms with van der Waals surface area (Å²) in [7, 11) is 0. The number of fused-ring (bicyclic) bond motifs is 3. The van der Waals surface area contributed by atoms with Gasteiger partial charge < -0.3 is 0 Å². The maximum absolute atomic E-state index is 13.7. The molecule has 25 heavy (non-hydrogen) atoms. The van der Waals surface area contributed by atoms with Crippen LogP contribution in [0, 0.1) is 17.3 Å². The molecule has 0 amide bonds. The van der Waals surface area contributed by atoms with Crippen molar-refractivity contribution < 1.29 is 4.79 Å². The van der Waals surface area contributed by atoms with E-state index in [4.69, 9.17) is 0 Å². The Bertz CT molecular complexity index is 1000. The molecule has 0 saturated heterocycles. The van der Waals surface area contributed by atoms with Gasteiger partial charge in [-0.1, -0.05) is 68.5 Å². The van der Waals surface area contributed by atoms with Gasteiger partial charge in [0.05, 0.1) is 0 Å².